The van der Waals surface area contributed by atoms with Crippen LogP contribution in [0.1, 0.15) is 30.7 Å². The molecule has 2 amide bonds. The molecule has 3 rings (SSSR count). The van der Waals surface area contributed by atoms with Crippen molar-refractivity contribution in [2.45, 2.75) is 31.8 Å². The number of carbonyl (C=O) groups is 1. The van der Waals surface area contributed by atoms with Crippen LogP contribution in [0.5, 0.6) is 0 Å². The number of thiophene rings is 1. The zero-order valence-electron chi connectivity index (χ0n) is 11.2. The van der Waals surface area contributed by atoms with Crippen molar-refractivity contribution in [3.63, 3.8) is 0 Å². The second-order valence-electron chi connectivity index (χ2n) is 5.36. The van der Waals surface area contributed by atoms with Gasteiger partial charge in [0.15, 0.2) is 0 Å². The average molecular weight is 280 g/mol. The monoisotopic (exact) mass is 280 g/mol. The van der Waals surface area contributed by atoms with Gasteiger partial charge in [-0.05, 0) is 37.1 Å². The van der Waals surface area contributed by atoms with E-state index in [1.54, 1.807) is 11.3 Å². The van der Waals surface area contributed by atoms with Crippen LogP contribution in [0, 0.1) is 5.92 Å². The molecule has 1 aromatic heterocycles. The summed E-state index contributed by atoms with van der Waals surface area (Å²) in [5.41, 5.74) is 0. The van der Waals surface area contributed by atoms with Crippen LogP contribution in [0.25, 0.3) is 0 Å². The minimum atomic E-state index is 0.0566. The van der Waals surface area contributed by atoms with Crippen molar-refractivity contribution < 1.29 is 9.53 Å². The highest BCUT2D eigenvalue weighted by Crippen LogP contribution is 2.36. The Morgan fingerprint density at radius 3 is 3.11 bits per heavy atom. The van der Waals surface area contributed by atoms with Crippen LogP contribution < -0.4 is 5.32 Å². The average Bonchev–Trinajstić information content (AvgIpc) is 3.12. The summed E-state index contributed by atoms with van der Waals surface area (Å²) in [6.07, 6.45) is 2.47. The van der Waals surface area contributed by atoms with E-state index in [1.807, 2.05) is 23.3 Å². The second-order valence-corrected chi connectivity index (χ2v) is 6.34. The highest BCUT2D eigenvalue weighted by atomic mass is 32.1. The first kappa shape index (κ1) is 12.9. The van der Waals surface area contributed by atoms with Gasteiger partial charge in [-0.3, -0.25) is 0 Å². The lowest BCUT2D eigenvalue weighted by atomic mass is 10.1. The first-order valence-electron chi connectivity index (χ1n) is 6.94. The van der Waals surface area contributed by atoms with Crippen LogP contribution in [-0.4, -0.2) is 36.7 Å². The van der Waals surface area contributed by atoms with E-state index in [4.69, 9.17) is 4.74 Å². The summed E-state index contributed by atoms with van der Waals surface area (Å²) in [6.45, 7) is 4.11. The number of morpholine rings is 1. The fraction of sp³-hybridized carbons (Fsp3) is 0.643. The molecule has 2 aliphatic rings. The topological polar surface area (TPSA) is 41.6 Å². The van der Waals surface area contributed by atoms with E-state index in [2.05, 4.69) is 11.4 Å². The Hall–Kier alpha value is -1.07. The summed E-state index contributed by atoms with van der Waals surface area (Å²) < 4.78 is 5.52. The molecule has 0 radical (unpaired) electrons. The lowest BCUT2D eigenvalue weighted by Crippen LogP contribution is -2.53. The zero-order valence-corrected chi connectivity index (χ0v) is 12.0. The molecule has 1 saturated heterocycles. The van der Waals surface area contributed by atoms with E-state index >= 15 is 0 Å². The Kier molecular flexibility index (Phi) is 3.75. The zero-order chi connectivity index (χ0) is 13.2. The molecule has 5 heteroatoms. The predicted molar refractivity (Wildman–Crippen MR) is 75.3 cm³/mol. The lowest BCUT2D eigenvalue weighted by molar-refractivity contribution is 0.00424. The highest BCUT2D eigenvalue weighted by molar-refractivity contribution is 7.10. The van der Waals surface area contributed by atoms with Gasteiger partial charge in [-0.2, -0.15) is 0 Å². The van der Waals surface area contributed by atoms with Crippen molar-refractivity contribution in [1.82, 2.24) is 10.2 Å². The van der Waals surface area contributed by atoms with Crippen molar-refractivity contribution in [2.75, 3.05) is 19.8 Å². The lowest BCUT2D eigenvalue weighted by Gasteiger charge is -2.36. The van der Waals surface area contributed by atoms with E-state index in [-0.39, 0.29) is 18.1 Å². The van der Waals surface area contributed by atoms with Gasteiger partial charge in [-0.1, -0.05) is 6.07 Å². The van der Waals surface area contributed by atoms with Crippen LogP contribution in [0.4, 0.5) is 4.79 Å². The summed E-state index contributed by atoms with van der Waals surface area (Å²) in [5, 5.41) is 5.15. The smallest absolute Gasteiger partial charge is 0.318 e. The summed E-state index contributed by atoms with van der Waals surface area (Å²) >= 11 is 1.68. The molecule has 0 aromatic carbocycles. The Balaban J connectivity index is 1.62. The second kappa shape index (κ2) is 5.51. The Bertz CT molecular complexity index is 431. The third-order valence-electron chi connectivity index (χ3n) is 3.90. The fourth-order valence-corrected chi connectivity index (χ4v) is 3.36. The molecule has 2 atom stereocenters. The maximum absolute atomic E-state index is 12.4. The molecule has 0 bridgehead atoms. The van der Waals surface area contributed by atoms with Gasteiger partial charge in [-0.15, -0.1) is 11.3 Å². The molecule has 1 aromatic rings. The molecule has 1 aliphatic heterocycles. The molecule has 19 heavy (non-hydrogen) atoms. The van der Waals surface area contributed by atoms with E-state index in [0.29, 0.717) is 25.7 Å². The number of amides is 2. The third kappa shape index (κ3) is 2.92. The Labute approximate surface area is 117 Å². The van der Waals surface area contributed by atoms with Gasteiger partial charge in [0.1, 0.15) is 0 Å². The van der Waals surface area contributed by atoms with Crippen LogP contribution in [-0.2, 0) is 4.74 Å². The predicted octanol–water partition coefficient (Wildman–Crippen LogP) is 2.63. The third-order valence-corrected chi connectivity index (χ3v) is 4.96. The quantitative estimate of drug-likeness (QED) is 0.924. The molecule has 4 nitrogen and oxygen atoms in total. The molecular formula is C14H20N2O2S. The number of nitrogens with one attached hydrogen (secondary N) is 1. The van der Waals surface area contributed by atoms with E-state index in [1.165, 1.54) is 17.7 Å². The number of urea groups is 1. The number of hydrogen-bond acceptors (Lipinski definition) is 3. The molecule has 2 unspecified atom stereocenters. The molecule has 104 valence electrons. The van der Waals surface area contributed by atoms with Gasteiger partial charge >= 0.3 is 6.03 Å². The number of rotatable bonds is 3. The van der Waals surface area contributed by atoms with Gasteiger partial charge in [0, 0.05) is 11.4 Å². The minimum absolute atomic E-state index is 0.0566. The first-order valence-corrected chi connectivity index (χ1v) is 7.82. The molecule has 2 heterocycles. The molecule has 1 aliphatic carbocycles. The Morgan fingerprint density at radius 1 is 1.58 bits per heavy atom. The molecular weight excluding hydrogens is 260 g/mol. The minimum Gasteiger partial charge on any atom is -0.377 e. The summed E-state index contributed by atoms with van der Waals surface area (Å²) in [4.78, 5) is 15.6. The van der Waals surface area contributed by atoms with Gasteiger partial charge in [0.25, 0.3) is 0 Å². The van der Waals surface area contributed by atoms with Crippen LogP contribution in [0.3, 0.4) is 0 Å². The number of carbonyl (C=O) groups excluding carboxylic acids is 1. The SMILES string of the molecule is CC(NC(=O)N1CCOCC1C1CC1)c1cccs1. The van der Waals surface area contributed by atoms with Gasteiger partial charge < -0.3 is 15.0 Å². The maximum atomic E-state index is 12.4. The molecule has 2 fully saturated rings. The standard InChI is InChI=1S/C14H20N2O2S/c1-10(13-3-2-8-19-13)15-14(17)16-6-7-18-9-12(16)11-4-5-11/h2-3,8,10-12H,4-7,9H2,1H3,(H,15,17). The number of nitrogens with zero attached hydrogens (tertiary/aromatic N) is 1. The fourth-order valence-electron chi connectivity index (χ4n) is 2.62. The van der Waals surface area contributed by atoms with Crippen LogP contribution >= 0.6 is 11.3 Å². The van der Waals surface area contributed by atoms with Crippen LogP contribution in [0.2, 0.25) is 0 Å². The number of hydrogen-bond donors (Lipinski definition) is 1. The maximum Gasteiger partial charge on any atom is 0.318 e. The molecule has 0 spiro atoms. The van der Waals surface area contributed by atoms with Crippen molar-refractivity contribution in [2.24, 2.45) is 5.92 Å². The first-order chi connectivity index (χ1) is 9.25. The van der Waals surface area contributed by atoms with E-state index < -0.39 is 0 Å². The largest absolute Gasteiger partial charge is 0.377 e. The van der Waals surface area contributed by atoms with Crippen molar-refractivity contribution in [3.05, 3.63) is 22.4 Å². The summed E-state index contributed by atoms with van der Waals surface area (Å²) in [5.74, 6) is 0.656. The summed E-state index contributed by atoms with van der Waals surface area (Å²) in [6, 6.07) is 4.50. The van der Waals surface area contributed by atoms with Crippen molar-refractivity contribution in [3.8, 4) is 0 Å². The van der Waals surface area contributed by atoms with Gasteiger partial charge in [0.05, 0.1) is 25.3 Å². The van der Waals surface area contributed by atoms with Crippen molar-refractivity contribution in [1.29, 1.82) is 0 Å². The number of ether oxygens (including phenoxy) is 1. The highest BCUT2D eigenvalue weighted by Gasteiger charge is 2.39. The van der Waals surface area contributed by atoms with Crippen LogP contribution in [0.15, 0.2) is 17.5 Å². The van der Waals surface area contributed by atoms with Gasteiger partial charge in [-0.25, -0.2) is 4.79 Å². The van der Waals surface area contributed by atoms with Gasteiger partial charge in [0.2, 0.25) is 0 Å². The van der Waals surface area contributed by atoms with Crippen molar-refractivity contribution >= 4 is 17.4 Å². The molecule has 1 N–H and O–H groups in total. The van der Waals surface area contributed by atoms with E-state index in [9.17, 15) is 4.79 Å². The Morgan fingerprint density at radius 2 is 2.42 bits per heavy atom. The normalized spacial score (nSPS) is 25.1. The molecule has 1 saturated carbocycles. The summed E-state index contributed by atoms with van der Waals surface area (Å²) in [7, 11) is 0. The van der Waals surface area contributed by atoms with E-state index in [0.717, 1.165) is 0 Å².